The number of aliphatic imine (C=N–C) groups is 1. The van der Waals surface area contributed by atoms with Crippen LogP contribution in [0.15, 0.2) is 71.8 Å². The maximum absolute atomic E-state index is 5.15. The summed E-state index contributed by atoms with van der Waals surface area (Å²) in [5.74, 6) is 1.56. The number of hydrogen-bond acceptors (Lipinski definition) is 1. The number of rotatable bonds is 9. The highest BCUT2D eigenvalue weighted by Gasteiger charge is 2.24. The Morgan fingerprint density at radius 1 is 1.26 bits per heavy atom. The number of nitrogens with zero attached hydrogens (tertiary/aromatic N) is 2. The Balaban J connectivity index is 2.33. The van der Waals surface area contributed by atoms with Gasteiger partial charge in [-0.15, -0.1) is 6.58 Å². The van der Waals surface area contributed by atoms with Crippen LogP contribution >= 0.6 is 0 Å². The van der Waals surface area contributed by atoms with Gasteiger partial charge in [-0.1, -0.05) is 74.9 Å². The van der Waals surface area contributed by atoms with Crippen molar-refractivity contribution in [2.75, 3.05) is 7.05 Å². The van der Waals surface area contributed by atoms with Crippen LogP contribution in [0, 0.1) is 5.92 Å². The molecule has 1 aliphatic carbocycles. The summed E-state index contributed by atoms with van der Waals surface area (Å²) in [4.78, 5) is 7.51. The van der Waals surface area contributed by atoms with Gasteiger partial charge in [0, 0.05) is 7.05 Å². The van der Waals surface area contributed by atoms with E-state index in [9.17, 15) is 0 Å². The van der Waals surface area contributed by atoms with Gasteiger partial charge >= 0.3 is 0 Å². The number of allylic oxidation sites excluding steroid dienone is 3. The molecule has 1 aliphatic rings. The molecule has 0 bridgehead atoms. The van der Waals surface area contributed by atoms with Gasteiger partial charge in [-0.05, 0) is 49.7 Å². The molecule has 0 N–H and O–H groups in total. The molecule has 0 aromatic heterocycles. The first-order valence-corrected chi connectivity index (χ1v) is 10.4. The normalized spacial score (nSPS) is 17.8. The lowest BCUT2D eigenvalue weighted by Crippen LogP contribution is -2.32. The van der Waals surface area contributed by atoms with Gasteiger partial charge in [0.15, 0.2) is 0 Å². The summed E-state index contributed by atoms with van der Waals surface area (Å²) in [6, 6.07) is 11.4. The van der Waals surface area contributed by atoms with Gasteiger partial charge in [0.1, 0.15) is 0 Å². The van der Waals surface area contributed by atoms with Crippen LogP contribution in [0.5, 0.6) is 0 Å². The Labute approximate surface area is 166 Å². The van der Waals surface area contributed by atoms with E-state index in [1.54, 1.807) is 0 Å². The monoisotopic (exact) mass is 364 g/mol. The Bertz CT molecular complexity index is 669. The second-order valence-electron chi connectivity index (χ2n) is 7.47. The number of likely N-dealkylation sites (N-methyl/N-ethyl adjacent to an activating group) is 1. The van der Waals surface area contributed by atoms with Crippen molar-refractivity contribution in [3.05, 3.63) is 72.4 Å². The minimum absolute atomic E-state index is 0.241. The molecule has 27 heavy (non-hydrogen) atoms. The maximum Gasteiger partial charge on any atom is 0.0966 e. The third-order valence-corrected chi connectivity index (χ3v) is 5.60. The van der Waals surface area contributed by atoms with Gasteiger partial charge in [0.05, 0.1) is 17.9 Å². The summed E-state index contributed by atoms with van der Waals surface area (Å²) in [6.45, 7) is 10.7. The zero-order chi connectivity index (χ0) is 19.6. The molecular formula is C25H36N2. The van der Waals surface area contributed by atoms with Crippen LogP contribution in [0.2, 0.25) is 0 Å². The van der Waals surface area contributed by atoms with Crippen LogP contribution in [0.3, 0.4) is 0 Å². The second-order valence-corrected chi connectivity index (χ2v) is 7.47. The highest BCUT2D eigenvalue weighted by Crippen LogP contribution is 2.33. The first-order valence-electron chi connectivity index (χ1n) is 10.4. The number of benzene rings is 1. The summed E-state index contributed by atoms with van der Waals surface area (Å²) >= 11 is 0. The zero-order valence-corrected chi connectivity index (χ0v) is 17.6. The molecule has 0 radical (unpaired) electrons. The second kappa shape index (κ2) is 10.9. The largest absolute Gasteiger partial charge is 0.353 e. The zero-order valence-electron chi connectivity index (χ0n) is 17.6. The lowest BCUT2D eigenvalue weighted by Gasteiger charge is -2.34. The van der Waals surface area contributed by atoms with Gasteiger partial charge in [-0.2, -0.15) is 0 Å². The smallest absolute Gasteiger partial charge is 0.0966 e. The van der Waals surface area contributed by atoms with E-state index in [0.29, 0.717) is 12.0 Å². The molecule has 0 saturated carbocycles. The Morgan fingerprint density at radius 2 is 2.00 bits per heavy atom. The van der Waals surface area contributed by atoms with Crippen molar-refractivity contribution in [1.82, 2.24) is 4.90 Å². The van der Waals surface area contributed by atoms with Crippen molar-refractivity contribution in [2.45, 2.75) is 65.0 Å². The molecule has 1 aromatic carbocycles. The average Bonchev–Trinajstić information content (AvgIpc) is 2.72. The van der Waals surface area contributed by atoms with Gasteiger partial charge in [-0.3, -0.25) is 4.99 Å². The Kier molecular flexibility index (Phi) is 8.57. The van der Waals surface area contributed by atoms with Crippen LogP contribution < -0.4 is 0 Å². The van der Waals surface area contributed by atoms with Crippen LogP contribution in [0.25, 0.3) is 0 Å². The van der Waals surface area contributed by atoms with Crippen LogP contribution in [0.1, 0.15) is 64.5 Å². The molecule has 0 saturated heterocycles. The summed E-state index contributed by atoms with van der Waals surface area (Å²) < 4.78 is 0. The first kappa shape index (κ1) is 21.2. The average molecular weight is 365 g/mol. The van der Waals surface area contributed by atoms with Crippen molar-refractivity contribution < 1.29 is 0 Å². The maximum atomic E-state index is 5.15. The van der Waals surface area contributed by atoms with E-state index in [-0.39, 0.29) is 6.04 Å². The van der Waals surface area contributed by atoms with E-state index in [4.69, 9.17) is 4.99 Å². The van der Waals surface area contributed by atoms with E-state index in [2.05, 4.69) is 93.9 Å². The fraction of sp³-hybridized carbons (Fsp3) is 0.480. The molecule has 3 atom stereocenters. The van der Waals surface area contributed by atoms with Gasteiger partial charge in [-0.25, -0.2) is 0 Å². The number of hydrogen-bond donors (Lipinski definition) is 0. The fourth-order valence-corrected chi connectivity index (χ4v) is 3.98. The quantitative estimate of drug-likeness (QED) is 0.269. The molecule has 3 unspecified atom stereocenters. The van der Waals surface area contributed by atoms with Gasteiger partial charge < -0.3 is 4.90 Å². The van der Waals surface area contributed by atoms with Crippen LogP contribution in [-0.2, 0) is 0 Å². The highest BCUT2D eigenvalue weighted by atomic mass is 15.2. The molecule has 0 heterocycles. The molecule has 1 aromatic rings. The molecule has 0 fully saturated rings. The molecule has 2 nitrogen and oxygen atoms in total. The molecule has 0 amide bonds. The Morgan fingerprint density at radius 3 is 2.56 bits per heavy atom. The third kappa shape index (κ3) is 5.69. The summed E-state index contributed by atoms with van der Waals surface area (Å²) in [5, 5.41) is 0. The predicted molar refractivity (Wildman–Crippen MR) is 119 cm³/mol. The van der Waals surface area contributed by atoms with Crippen molar-refractivity contribution >= 4 is 5.84 Å². The molecule has 0 spiro atoms. The first-order chi connectivity index (χ1) is 13.1. The van der Waals surface area contributed by atoms with Crippen LogP contribution in [-0.4, -0.2) is 23.8 Å². The van der Waals surface area contributed by atoms with Crippen LogP contribution in [0.4, 0.5) is 0 Å². The molecule has 0 aliphatic heterocycles. The summed E-state index contributed by atoms with van der Waals surface area (Å²) in [6.07, 6.45) is 14.4. The van der Waals surface area contributed by atoms with E-state index in [1.165, 1.54) is 17.6 Å². The lowest BCUT2D eigenvalue weighted by atomic mass is 9.91. The summed E-state index contributed by atoms with van der Waals surface area (Å²) in [5.41, 5.74) is 2.79. The minimum Gasteiger partial charge on any atom is -0.353 e. The Hall–Kier alpha value is -2.09. The van der Waals surface area contributed by atoms with Crippen molar-refractivity contribution in [3.63, 3.8) is 0 Å². The topological polar surface area (TPSA) is 15.6 Å². The lowest BCUT2D eigenvalue weighted by molar-refractivity contribution is 0.395. The summed E-state index contributed by atoms with van der Waals surface area (Å²) in [7, 11) is 2.19. The van der Waals surface area contributed by atoms with Gasteiger partial charge in [0.25, 0.3) is 0 Å². The minimum atomic E-state index is 0.241. The molecule has 146 valence electrons. The predicted octanol–water partition coefficient (Wildman–Crippen LogP) is 6.74. The van der Waals surface area contributed by atoms with Crippen molar-refractivity contribution in [3.8, 4) is 0 Å². The van der Waals surface area contributed by atoms with E-state index >= 15 is 0 Å². The fourth-order valence-electron chi connectivity index (χ4n) is 3.98. The number of amidine groups is 1. The van der Waals surface area contributed by atoms with Crippen molar-refractivity contribution in [1.29, 1.82) is 0 Å². The standard InChI is InChI=1S/C25H36N2/c1-6-15-21(7-2)24(8-3)26-20(4)27(5)25(22-16-11-9-12-17-22)23-18-13-10-14-19-23/h7,9-13,16-18,21,24-25H,2,6,8,14-15,19H2,1,3-5H3. The molecule has 2 heteroatoms. The van der Waals surface area contributed by atoms with E-state index in [0.717, 1.165) is 31.5 Å². The molecule has 2 rings (SSSR count). The SMILES string of the molecule is C=CC(CCC)C(CC)N=C(C)N(C)C(C1=CC=CCC1)c1ccccc1. The van der Waals surface area contributed by atoms with Crippen molar-refractivity contribution in [2.24, 2.45) is 10.9 Å². The highest BCUT2D eigenvalue weighted by molar-refractivity contribution is 5.80. The van der Waals surface area contributed by atoms with E-state index < -0.39 is 0 Å². The third-order valence-electron chi connectivity index (χ3n) is 5.60. The molecular weight excluding hydrogens is 328 g/mol. The van der Waals surface area contributed by atoms with E-state index in [1.807, 2.05) is 0 Å². The van der Waals surface area contributed by atoms with Gasteiger partial charge in [0.2, 0.25) is 0 Å².